The van der Waals surface area contributed by atoms with E-state index in [9.17, 15) is 9.59 Å². The van der Waals surface area contributed by atoms with E-state index in [1.54, 1.807) is 28.7 Å². The highest BCUT2D eigenvalue weighted by Crippen LogP contribution is 2.39. The molecule has 0 aliphatic heterocycles. The zero-order valence-electron chi connectivity index (χ0n) is 17.0. The molecule has 152 valence electrons. The molecule has 0 aliphatic rings. The number of carbonyl (C=O) groups is 1. The van der Waals surface area contributed by atoms with E-state index in [1.165, 1.54) is 0 Å². The molecule has 4 heteroatoms. The Hall–Kier alpha value is -4.44. The molecule has 32 heavy (non-hydrogen) atoms. The zero-order chi connectivity index (χ0) is 21.7. The average molecular weight is 415 g/mol. The Morgan fingerprint density at radius 2 is 1.28 bits per heavy atom. The number of ether oxygens (including phenoxy) is 1. The van der Waals surface area contributed by atoms with Crippen molar-refractivity contribution < 1.29 is 9.53 Å². The van der Waals surface area contributed by atoms with Gasteiger partial charge in [-0.1, -0.05) is 78.9 Å². The number of hydrogen-bond acceptors (Lipinski definition) is 3. The molecular formula is C28H17NO3. The van der Waals surface area contributed by atoms with Gasteiger partial charge in [-0.25, -0.2) is 4.79 Å². The van der Waals surface area contributed by atoms with Gasteiger partial charge in [-0.2, -0.15) is 0 Å². The number of fused-ring (bicyclic) bond motifs is 3. The smallest absolute Gasteiger partial charge is 0.343 e. The van der Waals surface area contributed by atoms with E-state index in [-0.39, 0.29) is 11.3 Å². The monoisotopic (exact) mass is 415 g/mol. The van der Waals surface area contributed by atoms with E-state index >= 15 is 0 Å². The van der Waals surface area contributed by atoms with Crippen LogP contribution < -0.4 is 10.3 Å². The number of pyridine rings is 1. The van der Waals surface area contributed by atoms with Crippen LogP contribution in [0.1, 0.15) is 10.4 Å². The van der Waals surface area contributed by atoms with Crippen LogP contribution in [0.5, 0.6) is 5.75 Å². The second kappa shape index (κ2) is 7.06. The minimum absolute atomic E-state index is 0.211. The van der Waals surface area contributed by atoms with Crippen LogP contribution in [-0.2, 0) is 0 Å². The standard InChI is InChI=1S/C28H17NO3/c30-27-24(18-10-3-1-4-11-18)26(32-28(31)19-12-5-2-6-13-19)22-16-9-15-21-20-14-7-8-17-23(20)29(27)25(21)22/h1-17H. The number of hydrogen-bond donors (Lipinski definition) is 0. The van der Waals surface area contributed by atoms with E-state index in [1.807, 2.05) is 78.9 Å². The van der Waals surface area contributed by atoms with Gasteiger partial charge in [0.2, 0.25) is 0 Å². The summed E-state index contributed by atoms with van der Waals surface area (Å²) in [6.45, 7) is 0. The maximum absolute atomic E-state index is 13.9. The second-order valence-corrected chi connectivity index (χ2v) is 7.69. The number of esters is 1. The summed E-state index contributed by atoms with van der Waals surface area (Å²) >= 11 is 0. The Morgan fingerprint density at radius 1 is 0.656 bits per heavy atom. The van der Waals surface area contributed by atoms with E-state index in [0.717, 1.165) is 27.2 Å². The van der Waals surface area contributed by atoms with Crippen molar-refractivity contribution in [3.8, 4) is 16.9 Å². The molecule has 6 rings (SSSR count). The average Bonchev–Trinajstić information content (AvgIpc) is 3.19. The number of aromatic nitrogens is 1. The van der Waals surface area contributed by atoms with Gasteiger partial charge in [0.25, 0.3) is 5.56 Å². The van der Waals surface area contributed by atoms with Gasteiger partial charge in [0, 0.05) is 16.2 Å². The Balaban J connectivity index is 1.75. The van der Waals surface area contributed by atoms with Crippen LogP contribution in [0.25, 0.3) is 38.3 Å². The van der Waals surface area contributed by atoms with Gasteiger partial charge in [0.15, 0.2) is 5.75 Å². The number of rotatable bonds is 3. The SMILES string of the molecule is O=C(Oc1c(-c2ccccc2)c(=O)n2c3ccccc3c3cccc1c32)c1ccccc1. The number of benzene rings is 4. The summed E-state index contributed by atoms with van der Waals surface area (Å²) < 4.78 is 7.70. The van der Waals surface area contributed by atoms with Gasteiger partial charge < -0.3 is 4.74 Å². The van der Waals surface area contributed by atoms with Gasteiger partial charge in [-0.3, -0.25) is 9.20 Å². The highest BCUT2D eigenvalue weighted by atomic mass is 16.5. The lowest BCUT2D eigenvalue weighted by molar-refractivity contribution is 0.0737. The van der Waals surface area contributed by atoms with Crippen molar-refractivity contribution >= 4 is 33.2 Å². The van der Waals surface area contributed by atoms with Crippen molar-refractivity contribution in [2.75, 3.05) is 0 Å². The first-order chi connectivity index (χ1) is 15.7. The summed E-state index contributed by atoms with van der Waals surface area (Å²) in [6.07, 6.45) is 0. The fourth-order valence-electron chi connectivity index (χ4n) is 4.45. The largest absolute Gasteiger partial charge is 0.421 e. The molecule has 0 amide bonds. The van der Waals surface area contributed by atoms with Crippen molar-refractivity contribution in [2.24, 2.45) is 0 Å². The first kappa shape index (κ1) is 18.3. The Kier molecular flexibility index (Phi) is 4.05. The second-order valence-electron chi connectivity index (χ2n) is 7.69. The van der Waals surface area contributed by atoms with Crippen LogP contribution in [0.3, 0.4) is 0 Å². The lowest BCUT2D eigenvalue weighted by Gasteiger charge is -2.14. The lowest BCUT2D eigenvalue weighted by atomic mass is 10.0. The molecule has 2 heterocycles. The van der Waals surface area contributed by atoms with Crippen molar-refractivity contribution in [1.82, 2.24) is 4.40 Å². The molecule has 0 aliphatic carbocycles. The summed E-state index contributed by atoms with van der Waals surface area (Å²) in [5.41, 5.74) is 2.89. The molecule has 0 spiro atoms. The molecular weight excluding hydrogens is 398 g/mol. The summed E-state index contributed by atoms with van der Waals surface area (Å²) in [7, 11) is 0. The first-order valence-corrected chi connectivity index (χ1v) is 10.4. The van der Waals surface area contributed by atoms with Crippen LogP contribution >= 0.6 is 0 Å². The summed E-state index contributed by atoms with van der Waals surface area (Å²) in [5.74, 6) is -0.209. The molecule has 0 unspecified atom stereocenters. The molecule has 0 atom stereocenters. The van der Waals surface area contributed by atoms with Gasteiger partial charge in [-0.05, 0) is 29.8 Å². The molecule has 0 saturated carbocycles. The fourth-order valence-corrected chi connectivity index (χ4v) is 4.45. The van der Waals surface area contributed by atoms with Crippen LogP contribution in [-0.4, -0.2) is 10.4 Å². The molecule has 4 aromatic carbocycles. The quantitative estimate of drug-likeness (QED) is 0.337. The van der Waals surface area contributed by atoms with Crippen LogP contribution in [0.2, 0.25) is 0 Å². The van der Waals surface area contributed by atoms with E-state index in [2.05, 4.69) is 0 Å². The minimum atomic E-state index is -0.497. The van der Waals surface area contributed by atoms with Crippen molar-refractivity contribution in [3.63, 3.8) is 0 Å². The van der Waals surface area contributed by atoms with Crippen molar-refractivity contribution in [3.05, 3.63) is 119 Å². The molecule has 0 saturated heterocycles. The summed E-state index contributed by atoms with van der Waals surface area (Å²) in [6, 6.07) is 31.8. The Labute approximate surface area is 183 Å². The van der Waals surface area contributed by atoms with Gasteiger partial charge >= 0.3 is 5.97 Å². The molecule has 0 fully saturated rings. The van der Waals surface area contributed by atoms with E-state index in [4.69, 9.17) is 4.74 Å². The first-order valence-electron chi connectivity index (χ1n) is 10.4. The van der Waals surface area contributed by atoms with Gasteiger partial charge in [-0.15, -0.1) is 0 Å². The lowest BCUT2D eigenvalue weighted by Crippen LogP contribution is -2.19. The molecule has 6 aromatic rings. The van der Waals surface area contributed by atoms with Gasteiger partial charge in [0.05, 0.1) is 22.2 Å². The van der Waals surface area contributed by atoms with Crippen molar-refractivity contribution in [1.29, 1.82) is 0 Å². The molecule has 4 nitrogen and oxygen atoms in total. The normalized spacial score (nSPS) is 11.4. The van der Waals surface area contributed by atoms with Crippen LogP contribution in [0.4, 0.5) is 0 Å². The third-order valence-corrected chi connectivity index (χ3v) is 5.85. The maximum Gasteiger partial charge on any atom is 0.343 e. The maximum atomic E-state index is 13.9. The molecule has 2 aromatic heterocycles. The van der Waals surface area contributed by atoms with Gasteiger partial charge in [0.1, 0.15) is 0 Å². The molecule has 0 N–H and O–H groups in total. The van der Waals surface area contributed by atoms with Crippen LogP contribution in [0, 0.1) is 0 Å². The summed E-state index contributed by atoms with van der Waals surface area (Å²) in [4.78, 5) is 26.9. The van der Waals surface area contributed by atoms with E-state index < -0.39 is 5.97 Å². The van der Waals surface area contributed by atoms with Crippen LogP contribution in [0.15, 0.2) is 108 Å². The number of nitrogens with zero attached hydrogens (tertiary/aromatic N) is 1. The minimum Gasteiger partial charge on any atom is -0.421 e. The fraction of sp³-hybridized carbons (Fsp3) is 0. The topological polar surface area (TPSA) is 47.8 Å². The number of carbonyl (C=O) groups excluding carboxylic acids is 1. The van der Waals surface area contributed by atoms with E-state index in [0.29, 0.717) is 16.7 Å². The predicted octanol–water partition coefficient (Wildman–Crippen LogP) is 5.93. The predicted molar refractivity (Wildman–Crippen MR) is 127 cm³/mol. The van der Waals surface area contributed by atoms with Crippen molar-refractivity contribution in [2.45, 2.75) is 0 Å². The number of para-hydroxylation sites is 2. The molecule has 0 radical (unpaired) electrons. The highest BCUT2D eigenvalue weighted by molar-refractivity contribution is 6.16. The Bertz CT molecular complexity index is 1670. The third kappa shape index (κ3) is 2.63. The zero-order valence-corrected chi connectivity index (χ0v) is 17.0. The molecule has 0 bridgehead atoms. The Morgan fingerprint density at radius 3 is 2.06 bits per heavy atom. The highest BCUT2D eigenvalue weighted by Gasteiger charge is 2.24. The third-order valence-electron chi connectivity index (χ3n) is 5.85. The summed E-state index contributed by atoms with van der Waals surface area (Å²) in [5, 5.41) is 2.66.